The molecule has 2 aromatic rings. The maximum absolute atomic E-state index is 5.92. The van der Waals surface area contributed by atoms with E-state index >= 15 is 0 Å². The van der Waals surface area contributed by atoms with Crippen LogP contribution in [-0.4, -0.2) is 11.0 Å². The summed E-state index contributed by atoms with van der Waals surface area (Å²) in [5.74, 6) is 0.691. The molecule has 1 aromatic heterocycles. The monoisotopic (exact) mass is 268 g/mol. The van der Waals surface area contributed by atoms with Crippen molar-refractivity contribution in [1.29, 1.82) is 0 Å². The second-order valence-corrected chi connectivity index (χ2v) is 5.33. The third kappa shape index (κ3) is 3.58. The van der Waals surface area contributed by atoms with Crippen LogP contribution in [0.2, 0.25) is 0 Å². The van der Waals surface area contributed by atoms with Crippen LogP contribution in [0.15, 0.2) is 48.7 Å². The Morgan fingerprint density at radius 2 is 2.05 bits per heavy atom. The van der Waals surface area contributed by atoms with Crippen molar-refractivity contribution in [2.75, 3.05) is 0 Å². The van der Waals surface area contributed by atoms with Crippen molar-refractivity contribution in [3.8, 4) is 5.88 Å². The summed E-state index contributed by atoms with van der Waals surface area (Å²) in [4.78, 5) is 4.30. The third-order valence-electron chi connectivity index (χ3n) is 3.54. The lowest BCUT2D eigenvalue weighted by Crippen LogP contribution is -2.15. The van der Waals surface area contributed by atoms with E-state index in [-0.39, 0.29) is 6.10 Å². The number of hydrogen-bond donors (Lipinski definition) is 1. The normalized spacial score (nSPS) is 15.8. The quantitative estimate of drug-likeness (QED) is 0.871. The average molecular weight is 268 g/mol. The zero-order valence-electron chi connectivity index (χ0n) is 11.8. The molecule has 0 spiro atoms. The molecule has 0 aliphatic heterocycles. The number of pyridine rings is 1. The lowest BCUT2D eigenvalue weighted by Gasteiger charge is -2.14. The summed E-state index contributed by atoms with van der Waals surface area (Å²) >= 11 is 0. The van der Waals surface area contributed by atoms with Crippen molar-refractivity contribution in [1.82, 2.24) is 10.3 Å². The number of hydrogen-bond acceptors (Lipinski definition) is 3. The van der Waals surface area contributed by atoms with Crippen LogP contribution in [0.1, 0.15) is 37.0 Å². The summed E-state index contributed by atoms with van der Waals surface area (Å²) in [6.45, 7) is 2.94. The van der Waals surface area contributed by atoms with Crippen molar-refractivity contribution in [3.63, 3.8) is 0 Å². The van der Waals surface area contributed by atoms with E-state index in [2.05, 4.69) is 22.4 Å². The van der Waals surface area contributed by atoms with Crippen LogP contribution in [-0.2, 0) is 6.54 Å². The fourth-order valence-electron chi connectivity index (χ4n) is 2.15. The van der Waals surface area contributed by atoms with Gasteiger partial charge in [0, 0.05) is 24.8 Å². The first-order valence-corrected chi connectivity index (χ1v) is 7.21. The molecule has 0 amide bonds. The maximum Gasteiger partial charge on any atom is 0.214 e. The summed E-state index contributed by atoms with van der Waals surface area (Å²) < 4.78 is 5.92. The van der Waals surface area contributed by atoms with Gasteiger partial charge in [-0.2, -0.15) is 0 Å². The van der Waals surface area contributed by atoms with E-state index in [4.69, 9.17) is 4.74 Å². The van der Waals surface area contributed by atoms with Crippen LogP contribution in [0, 0.1) is 0 Å². The molecule has 3 rings (SSSR count). The van der Waals surface area contributed by atoms with Crippen molar-refractivity contribution in [2.24, 2.45) is 0 Å². The molecule has 1 N–H and O–H groups in total. The van der Waals surface area contributed by atoms with Gasteiger partial charge in [0.25, 0.3) is 0 Å². The van der Waals surface area contributed by atoms with E-state index in [0.717, 1.165) is 18.2 Å². The smallest absolute Gasteiger partial charge is 0.214 e. The summed E-state index contributed by atoms with van der Waals surface area (Å²) in [6, 6.07) is 15.0. The average Bonchev–Trinajstić information content (AvgIpc) is 3.31. The lowest BCUT2D eigenvalue weighted by molar-refractivity contribution is 0.217. The lowest BCUT2D eigenvalue weighted by atomic mass is 10.1. The van der Waals surface area contributed by atoms with Gasteiger partial charge in [0.1, 0.15) is 6.10 Å². The van der Waals surface area contributed by atoms with Crippen LogP contribution in [0.4, 0.5) is 0 Å². The maximum atomic E-state index is 5.92. The first-order chi connectivity index (χ1) is 9.81. The van der Waals surface area contributed by atoms with E-state index in [1.165, 1.54) is 18.4 Å². The molecule has 1 fully saturated rings. The van der Waals surface area contributed by atoms with E-state index in [9.17, 15) is 0 Å². The number of rotatable bonds is 6. The van der Waals surface area contributed by atoms with E-state index in [1.807, 2.05) is 43.5 Å². The van der Waals surface area contributed by atoms with Gasteiger partial charge >= 0.3 is 0 Å². The summed E-state index contributed by atoms with van der Waals surface area (Å²) in [5, 5.41) is 3.50. The molecule has 1 aliphatic carbocycles. The van der Waals surface area contributed by atoms with Gasteiger partial charge in [-0.1, -0.05) is 30.3 Å². The Bertz CT molecular complexity index is 552. The highest BCUT2D eigenvalue weighted by Gasteiger charge is 2.20. The van der Waals surface area contributed by atoms with Gasteiger partial charge in [0.2, 0.25) is 5.88 Å². The molecule has 1 aromatic carbocycles. The molecule has 3 nitrogen and oxygen atoms in total. The summed E-state index contributed by atoms with van der Waals surface area (Å²) in [5.41, 5.74) is 2.39. The molecular weight excluding hydrogens is 248 g/mol. The van der Waals surface area contributed by atoms with Gasteiger partial charge in [-0.05, 0) is 37.0 Å². The summed E-state index contributed by atoms with van der Waals surface area (Å²) in [6.07, 6.45) is 4.44. The summed E-state index contributed by atoms with van der Waals surface area (Å²) in [7, 11) is 0. The molecule has 0 saturated heterocycles. The molecule has 1 aliphatic rings. The highest BCUT2D eigenvalue weighted by molar-refractivity contribution is 5.23. The largest absolute Gasteiger partial charge is 0.470 e. The zero-order valence-corrected chi connectivity index (χ0v) is 11.8. The minimum atomic E-state index is 0.00958. The first kappa shape index (κ1) is 13.1. The molecule has 1 heterocycles. The van der Waals surface area contributed by atoms with Gasteiger partial charge in [-0.25, -0.2) is 4.98 Å². The predicted molar refractivity (Wildman–Crippen MR) is 79.6 cm³/mol. The molecule has 0 bridgehead atoms. The number of nitrogens with zero attached hydrogens (tertiary/aromatic N) is 1. The molecule has 1 unspecified atom stereocenters. The Balaban J connectivity index is 1.62. The van der Waals surface area contributed by atoms with Gasteiger partial charge in [0.05, 0.1) is 0 Å². The molecule has 1 atom stereocenters. The van der Waals surface area contributed by atoms with Gasteiger partial charge in [0.15, 0.2) is 0 Å². The fraction of sp³-hybridized carbons (Fsp3) is 0.353. The molecule has 3 heteroatoms. The standard InChI is InChI=1S/C17H20N2O/c1-13(15-5-3-2-4-6-15)20-17-11-14(9-10-18-17)12-19-16-7-8-16/h2-6,9-11,13,16,19H,7-8,12H2,1H3. The zero-order chi connectivity index (χ0) is 13.8. The van der Waals surface area contributed by atoms with Crippen molar-refractivity contribution in [3.05, 3.63) is 59.8 Å². The van der Waals surface area contributed by atoms with Crippen LogP contribution < -0.4 is 10.1 Å². The molecule has 104 valence electrons. The SMILES string of the molecule is CC(Oc1cc(CNC2CC2)ccn1)c1ccccc1. The van der Waals surface area contributed by atoms with Crippen LogP contribution in [0.5, 0.6) is 5.88 Å². The number of ether oxygens (including phenoxy) is 1. The number of benzene rings is 1. The second kappa shape index (κ2) is 6.06. The van der Waals surface area contributed by atoms with Crippen molar-refractivity contribution >= 4 is 0 Å². The highest BCUT2D eigenvalue weighted by Crippen LogP contribution is 2.22. The minimum Gasteiger partial charge on any atom is -0.470 e. The number of aromatic nitrogens is 1. The second-order valence-electron chi connectivity index (χ2n) is 5.33. The van der Waals surface area contributed by atoms with Crippen LogP contribution >= 0.6 is 0 Å². The highest BCUT2D eigenvalue weighted by atomic mass is 16.5. The Morgan fingerprint density at radius 3 is 2.80 bits per heavy atom. The Labute approximate surface area is 120 Å². The Hall–Kier alpha value is -1.87. The van der Waals surface area contributed by atoms with Crippen molar-refractivity contribution < 1.29 is 4.74 Å². The molecule has 20 heavy (non-hydrogen) atoms. The predicted octanol–water partition coefficient (Wildman–Crippen LogP) is 3.47. The Morgan fingerprint density at radius 1 is 1.25 bits per heavy atom. The van der Waals surface area contributed by atoms with Crippen LogP contribution in [0.3, 0.4) is 0 Å². The van der Waals surface area contributed by atoms with E-state index in [0.29, 0.717) is 5.88 Å². The van der Waals surface area contributed by atoms with Gasteiger partial charge in [-0.15, -0.1) is 0 Å². The van der Waals surface area contributed by atoms with E-state index in [1.54, 1.807) is 0 Å². The first-order valence-electron chi connectivity index (χ1n) is 7.21. The Kier molecular flexibility index (Phi) is 3.97. The molecule has 1 saturated carbocycles. The number of nitrogens with one attached hydrogen (secondary N) is 1. The van der Waals surface area contributed by atoms with Gasteiger partial charge < -0.3 is 10.1 Å². The fourth-order valence-corrected chi connectivity index (χ4v) is 2.15. The minimum absolute atomic E-state index is 0.00958. The van der Waals surface area contributed by atoms with Crippen molar-refractivity contribution in [2.45, 2.75) is 38.5 Å². The van der Waals surface area contributed by atoms with E-state index < -0.39 is 0 Å². The molecular formula is C17H20N2O. The van der Waals surface area contributed by atoms with Gasteiger partial charge in [-0.3, -0.25) is 0 Å². The topological polar surface area (TPSA) is 34.1 Å². The van der Waals surface area contributed by atoms with Crippen LogP contribution in [0.25, 0.3) is 0 Å². The molecule has 0 radical (unpaired) electrons. The third-order valence-corrected chi connectivity index (χ3v) is 3.54.